The monoisotopic (exact) mass is 460 g/mol. The number of amides is 1. The summed E-state index contributed by atoms with van der Waals surface area (Å²) in [6.45, 7) is 0.809. The van der Waals surface area contributed by atoms with E-state index in [9.17, 15) is 26.4 Å². The fraction of sp³-hybridized carbons (Fsp3) is 0.350. The summed E-state index contributed by atoms with van der Waals surface area (Å²) in [5, 5.41) is 2.68. The topological polar surface area (TPSA) is 93.7 Å². The van der Waals surface area contributed by atoms with E-state index in [1.54, 1.807) is 0 Å². The molecule has 0 spiro atoms. The standard InChI is InChI=1S/C20H23F3N2O5S/c21-20(22,23)30-17-8-10-18(11-9-17)31(27,28)25-14-12-19(26)24-13-4-5-15-29-16-6-2-1-3-7-16/h1-3,6-11,25H,4-5,12-15H2,(H,24,26). The summed E-state index contributed by atoms with van der Waals surface area (Å²) in [7, 11) is -3.96. The minimum atomic E-state index is -4.86. The van der Waals surface area contributed by atoms with Crippen molar-refractivity contribution in [1.82, 2.24) is 10.0 Å². The van der Waals surface area contributed by atoms with Gasteiger partial charge in [-0.1, -0.05) is 18.2 Å². The number of halogens is 3. The Kier molecular flexibility index (Phi) is 9.13. The number of carbonyl (C=O) groups excluding carboxylic acids is 1. The number of nitrogens with one attached hydrogen (secondary N) is 2. The highest BCUT2D eigenvalue weighted by Crippen LogP contribution is 2.23. The smallest absolute Gasteiger partial charge is 0.494 e. The third-order valence-electron chi connectivity index (χ3n) is 3.92. The fourth-order valence-corrected chi connectivity index (χ4v) is 3.48. The summed E-state index contributed by atoms with van der Waals surface area (Å²) < 4.78 is 72.2. The lowest BCUT2D eigenvalue weighted by Crippen LogP contribution is -2.31. The molecule has 0 unspecified atom stereocenters. The van der Waals surface area contributed by atoms with Crippen molar-refractivity contribution in [3.8, 4) is 11.5 Å². The molecule has 0 bridgehead atoms. The predicted octanol–water partition coefficient (Wildman–Crippen LogP) is 3.23. The first-order valence-electron chi connectivity index (χ1n) is 9.46. The molecule has 11 heteroatoms. The van der Waals surface area contributed by atoms with Crippen molar-refractivity contribution >= 4 is 15.9 Å². The molecule has 0 aromatic heterocycles. The summed E-state index contributed by atoms with van der Waals surface area (Å²) in [5.74, 6) is -0.0677. The normalized spacial score (nSPS) is 11.7. The van der Waals surface area contributed by atoms with Crippen molar-refractivity contribution in [2.75, 3.05) is 19.7 Å². The Morgan fingerprint density at radius 3 is 2.23 bits per heavy atom. The van der Waals surface area contributed by atoms with Crippen LogP contribution in [-0.2, 0) is 14.8 Å². The van der Waals surface area contributed by atoms with Gasteiger partial charge in [0, 0.05) is 19.5 Å². The van der Waals surface area contributed by atoms with E-state index in [-0.39, 0.29) is 23.8 Å². The number of alkyl halides is 3. The van der Waals surface area contributed by atoms with Gasteiger partial charge in [0.2, 0.25) is 15.9 Å². The molecule has 7 nitrogen and oxygen atoms in total. The van der Waals surface area contributed by atoms with Crippen LogP contribution < -0.4 is 19.5 Å². The van der Waals surface area contributed by atoms with Crippen LogP contribution in [0.5, 0.6) is 11.5 Å². The lowest BCUT2D eigenvalue weighted by molar-refractivity contribution is -0.274. The molecule has 2 aromatic carbocycles. The summed E-state index contributed by atoms with van der Waals surface area (Å²) in [6.07, 6.45) is -3.48. The van der Waals surface area contributed by atoms with Crippen LogP contribution >= 0.6 is 0 Å². The molecule has 2 N–H and O–H groups in total. The van der Waals surface area contributed by atoms with E-state index in [0.717, 1.165) is 36.4 Å². The Hall–Kier alpha value is -2.79. The Labute approximate surface area is 178 Å². The van der Waals surface area contributed by atoms with Crippen LogP contribution in [0.15, 0.2) is 59.5 Å². The zero-order valence-electron chi connectivity index (χ0n) is 16.5. The van der Waals surface area contributed by atoms with Gasteiger partial charge in [-0.05, 0) is 49.2 Å². The number of hydrogen-bond acceptors (Lipinski definition) is 5. The molecule has 2 rings (SSSR count). The van der Waals surface area contributed by atoms with E-state index >= 15 is 0 Å². The van der Waals surface area contributed by atoms with Crippen LogP contribution in [-0.4, -0.2) is 40.4 Å². The summed E-state index contributed by atoms with van der Waals surface area (Å²) >= 11 is 0. The van der Waals surface area contributed by atoms with Gasteiger partial charge in [-0.15, -0.1) is 13.2 Å². The van der Waals surface area contributed by atoms with Crippen molar-refractivity contribution in [1.29, 1.82) is 0 Å². The highest BCUT2D eigenvalue weighted by Gasteiger charge is 2.31. The van der Waals surface area contributed by atoms with Gasteiger partial charge in [0.25, 0.3) is 0 Å². The number of ether oxygens (including phenoxy) is 2. The number of sulfonamides is 1. The van der Waals surface area contributed by atoms with Gasteiger partial charge >= 0.3 is 6.36 Å². The second-order valence-corrected chi connectivity index (χ2v) is 8.15. The molecule has 170 valence electrons. The maximum atomic E-state index is 12.1. The van der Waals surface area contributed by atoms with E-state index in [0.29, 0.717) is 19.6 Å². The van der Waals surface area contributed by atoms with Crippen LogP contribution in [0.4, 0.5) is 13.2 Å². The number of benzene rings is 2. The second-order valence-electron chi connectivity index (χ2n) is 6.39. The summed E-state index contributed by atoms with van der Waals surface area (Å²) in [4.78, 5) is 11.6. The van der Waals surface area contributed by atoms with Crippen molar-refractivity contribution in [2.24, 2.45) is 0 Å². The van der Waals surface area contributed by atoms with E-state index in [1.807, 2.05) is 30.3 Å². The maximum absolute atomic E-state index is 12.1. The number of para-hydroxylation sites is 1. The lowest BCUT2D eigenvalue weighted by Gasteiger charge is -2.10. The van der Waals surface area contributed by atoms with Crippen molar-refractivity contribution in [2.45, 2.75) is 30.5 Å². The second kappa shape index (κ2) is 11.6. The van der Waals surface area contributed by atoms with Gasteiger partial charge in [-0.2, -0.15) is 0 Å². The molecule has 0 fully saturated rings. The maximum Gasteiger partial charge on any atom is 0.573 e. The third kappa shape index (κ3) is 9.71. The zero-order valence-corrected chi connectivity index (χ0v) is 17.3. The zero-order chi connectivity index (χ0) is 22.7. The van der Waals surface area contributed by atoms with Gasteiger partial charge in [0.15, 0.2) is 0 Å². The van der Waals surface area contributed by atoms with Crippen LogP contribution in [0, 0.1) is 0 Å². The fourth-order valence-electron chi connectivity index (χ4n) is 2.45. The van der Waals surface area contributed by atoms with Gasteiger partial charge in [-0.3, -0.25) is 4.79 Å². The highest BCUT2D eigenvalue weighted by molar-refractivity contribution is 7.89. The SMILES string of the molecule is O=C(CCNS(=O)(=O)c1ccc(OC(F)(F)F)cc1)NCCCCOc1ccccc1. The Morgan fingerprint density at radius 2 is 1.58 bits per heavy atom. The van der Waals surface area contributed by atoms with Crippen LogP contribution in [0.2, 0.25) is 0 Å². The molecular formula is C20H23F3N2O5S. The average Bonchev–Trinajstić information content (AvgIpc) is 2.70. The molecule has 0 radical (unpaired) electrons. The minimum Gasteiger partial charge on any atom is -0.494 e. The third-order valence-corrected chi connectivity index (χ3v) is 5.39. The molecule has 1 amide bonds. The first kappa shape index (κ1) is 24.5. The molecule has 2 aromatic rings. The minimum absolute atomic E-state index is 0.0744. The Morgan fingerprint density at radius 1 is 0.903 bits per heavy atom. The predicted molar refractivity (Wildman–Crippen MR) is 107 cm³/mol. The number of unbranched alkanes of at least 4 members (excludes halogenated alkanes) is 1. The van der Waals surface area contributed by atoms with E-state index in [4.69, 9.17) is 4.74 Å². The van der Waals surface area contributed by atoms with Crippen LogP contribution in [0.1, 0.15) is 19.3 Å². The lowest BCUT2D eigenvalue weighted by atomic mass is 10.3. The van der Waals surface area contributed by atoms with E-state index in [2.05, 4.69) is 14.8 Å². The molecule has 0 aliphatic rings. The Bertz CT molecular complexity index is 920. The van der Waals surface area contributed by atoms with Crippen LogP contribution in [0.3, 0.4) is 0 Å². The molecule has 0 heterocycles. The molecule has 0 saturated carbocycles. The van der Waals surface area contributed by atoms with Crippen molar-refractivity contribution < 1.29 is 35.9 Å². The molecule has 31 heavy (non-hydrogen) atoms. The first-order chi connectivity index (χ1) is 14.7. The Balaban J connectivity index is 1.62. The van der Waals surface area contributed by atoms with Crippen molar-refractivity contribution in [3.63, 3.8) is 0 Å². The van der Waals surface area contributed by atoms with Gasteiger partial charge in [-0.25, -0.2) is 13.1 Å². The van der Waals surface area contributed by atoms with Gasteiger partial charge < -0.3 is 14.8 Å². The number of rotatable bonds is 12. The average molecular weight is 460 g/mol. The van der Waals surface area contributed by atoms with Crippen LogP contribution in [0.25, 0.3) is 0 Å². The van der Waals surface area contributed by atoms with E-state index < -0.39 is 22.1 Å². The largest absolute Gasteiger partial charge is 0.573 e. The number of hydrogen-bond donors (Lipinski definition) is 2. The summed E-state index contributed by atoms with van der Waals surface area (Å²) in [5.41, 5.74) is 0. The molecule has 0 aliphatic heterocycles. The summed E-state index contributed by atoms with van der Waals surface area (Å²) in [6, 6.07) is 13.1. The van der Waals surface area contributed by atoms with Gasteiger partial charge in [0.1, 0.15) is 11.5 Å². The molecule has 0 atom stereocenters. The number of carbonyl (C=O) groups is 1. The first-order valence-corrected chi connectivity index (χ1v) is 10.9. The molecule has 0 saturated heterocycles. The quantitative estimate of drug-likeness (QED) is 0.475. The van der Waals surface area contributed by atoms with Gasteiger partial charge in [0.05, 0.1) is 11.5 Å². The molecule has 0 aliphatic carbocycles. The van der Waals surface area contributed by atoms with Crippen molar-refractivity contribution in [3.05, 3.63) is 54.6 Å². The molecular weight excluding hydrogens is 437 g/mol. The van der Waals surface area contributed by atoms with E-state index in [1.165, 1.54) is 0 Å². The highest BCUT2D eigenvalue weighted by atomic mass is 32.2.